The normalized spacial score (nSPS) is 14.9. The molecule has 2 fully saturated rings. The van der Waals surface area contributed by atoms with Crippen molar-refractivity contribution >= 4 is 0 Å². The topological polar surface area (TPSA) is 188 Å². The van der Waals surface area contributed by atoms with Crippen LogP contribution in [0.5, 0.6) is 0 Å². The second-order valence-electron chi connectivity index (χ2n) is 21.1. The molecule has 4 atom stereocenters. The molecule has 24 heteroatoms. The fourth-order valence-corrected chi connectivity index (χ4v) is 8.96. The van der Waals surface area contributed by atoms with Crippen LogP contribution in [0, 0.1) is 53.5 Å². The van der Waals surface area contributed by atoms with Crippen LogP contribution < -0.4 is 0 Å². The fourth-order valence-electron chi connectivity index (χ4n) is 8.96. The van der Waals surface area contributed by atoms with Gasteiger partial charge in [0.1, 0.15) is 0 Å². The van der Waals surface area contributed by atoms with Crippen LogP contribution in [0.4, 0.5) is 0 Å². The molecule has 6 rings (SSSR count). The third-order valence-corrected chi connectivity index (χ3v) is 13.8. The van der Waals surface area contributed by atoms with Gasteiger partial charge in [0.2, 0.25) is 0 Å². The van der Waals surface area contributed by atoms with Gasteiger partial charge in [-0.15, -0.1) is 0 Å². The second kappa shape index (κ2) is 58.8. The predicted molar refractivity (Wildman–Crippen MR) is 328 cm³/mol. The summed E-state index contributed by atoms with van der Waals surface area (Å²) in [7, 11) is 20.5. The first-order chi connectivity index (χ1) is 42.2. The molecule has 0 amide bonds. The third kappa shape index (κ3) is 42.9. The van der Waals surface area contributed by atoms with E-state index in [1.807, 2.05) is 72.8 Å². The first-order valence-electron chi connectivity index (χ1n) is 29.9. The van der Waals surface area contributed by atoms with Crippen LogP contribution in [-0.2, 0) is 102 Å². The van der Waals surface area contributed by atoms with Gasteiger partial charge in [0.25, 0.3) is 0 Å². The molecular weight excluding hydrogens is 2710 g/mol. The quantitative estimate of drug-likeness (QED) is 0.0314. The molecule has 2 aliphatic rings. The van der Waals surface area contributed by atoms with E-state index in [9.17, 15) is 10.2 Å². The molecule has 2 aliphatic heterocycles. The van der Waals surface area contributed by atoms with Crippen molar-refractivity contribution in [2.24, 2.45) is 10.8 Å². The van der Waals surface area contributed by atoms with Gasteiger partial charge < -0.3 is 86.0 Å². The molecule has 0 spiro atoms. The largest absolute Gasteiger partial charge is 0.555 e. The maximum Gasteiger partial charge on any atom is 0.157 e. The number of rotatable bonds is 44. The minimum Gasteiger partial charge on any atom is -0.555 e. The van der Waals surface area contributed by atoms with Crippen molar-refractivity contribution < 1.29 is 86.0 Å². The Bertz CT molecular complexity index is 1820. The Morgan fingerprint density at radius 2 is 0.620 bits per heavy atom. The molecule has 4 unspecified atom stereocenters. The molecule has 0 radical (unpaired) electrons. The summed E-state index contributed by atoms with van der Waals surface area (Å²) in [6, 6.07) is 40.6. The number of aliphatic hydroxyl groups excluding tert-OH is 2. The summed E-state index contributed by atoms with van der Waals surface area (Å²) in [5.74, 6) is 0. The van der Waals surface area contributed by atoms with Gasteiger partial charge in [0.15, 0.2) is 12.6 Å². The van der Waals surface area contributed by atoms with Crippen LogP contribution >= 0.6 is 0 Å². The van der Waals surface area contributed by atoms with Crippen molar-refractivity contribution in [3.63, 3.8) is 0 Å². The van der Waals surface area contributed by atoms with Crippen molar-refractivity contribution in [2.45, 2.75) is 115 Å². The molecule has 0 aromatic heterocycles. The van der Waals surface area contributed by atoms with Gasteiger partial charge in [-0.05, 0) is 86.5 Å². The molecule has 4 aromatic carbocycles. The summed E-state index contributed by atoms with van der Waals surface area (Å²) in [5, 5.41) is 18.5. The number of aliphatic hydroxyl groups is 2. The summed E-state index contributed by atoms with van der Waals surface area (Å²) in [4.78, 5) is 0. The van der Waals surface area contributed by atoms with E-state index in [-0.39, 0.29) is 49.8 Å². The zero-order valence-corrected chi connectivity index (χ0v) is 93.8. The SMILES string of the molecule is [CH2-]OCC(CCOCc1ccccc1)(CCOCc1ccccc1)CO[CH2-].[CH2-]OCC(CCOCc1ccccc1)(CCOCc1ccccc1)CO[CH2-].[CH2-]OCC(O)COCCOC1CCCCO1.[CH2-]OCC(O)COCCOC1CCCCO1.[Rf].[Rf].[Rf].[Rf].[Rf].[Rf]. The van der Waals surface area contributed by atoms with Crippen molar-refractivity contribution in [1.29, 1.82) is 0 Å². The maximum atomic E-state index is 9.24. The van der Waals surface area contributed by atoms with Gasteiger partial charge in [0, 0.05) is 90.1 Å². The Labute approximate surface area is 515 Å². The Morgan fingerprint density at radius 3 is 0.848 bits per heavy atom. The summed E-state index contributed by atoms with van der Waals surface area (Å²) >= 11 is 0. The van der Waals surface area contributed by atoms with Crippen LogP contribution in [0.15, 0.2) is 121 Å². The maximum absolute atomic E-state index is 9.24. The zero-order valence-electron chi connectivity index (χ0n) is 55.4. The standard InChI is InChI=1S/2C23H30O4.2C11H21O5.6Rf/c2*1-24-19-23(20-25-2,13-15-26-17-21-9-5-3-6-10-21)14-16-27-18-22-11-7-4-8-12-22;2*1-13-8-10(12)9-14-6-7-16-11-4-2-3-5-15-11;;;;;;/h2*3-12H,1-2,13-20H2;2*10-12H,1-9H2;;;;;;/q2*-2;2*-1;;;;;;. The number of ether oxygens (including phenoxy) is 16. The molecular formula is C68H102O18Rf6-6. The molecule has 500 valence electrons. The van der Waals surface area contributed by atoms with Crippen LogP contribution in [0.3, 0.4) is 0 Å². The van der Waals surface area contributed by atoms with Crippen molar-refractivity contribution in [2.75, 3.05) is 119 Å². The second-order valence-corrected chi connectivity index (χ2v) is 21.1. The Morgan fingerprint density at radius 1 is 0.348 bits per heavy atom. The van der Waals surface area contributed by atoms with E-state index in [0.717, 1.165) is 99.7 Å². The molecule has 0 bridgehead atoms. The monoisotopic (exact) mass is 2810 g/mol. The molecule has 18 nitrogen and oxygen atoms in total. The Balaban J connectivity index is -0.000000564. The molecule has 4 aromatic rings. The van der Waals surface area contributed by atoms with E-state index in [2.05, 4.69) is 101 Å². The number of hydrogen-bond acceptors (Lipinski definition) is 18. The summed E-state index contributed by atoms with van der Waals surface area (Å²) < 4.78 is 85.4. The van der Waals surface area contributed by atoms with Crippen molar-refractivity contribution in [1.82, 2.24) is 0 Å². The number of benzene rings is 4. The van der Waals surface area contributed by atoms with E-state index >= 15 is 0 Å². The van der Waals surface area contributed by atoms with Crippen LogP contribution in [0.2, 0.25) is 0 Å². The average molecular weight is 2810 g/mol. The minimum absolute atomic E-state index is 0. The van der Waals surface area contributed by atoms with Crippen molar-refractivity contribution in [3.8, 4) is 0 Å². The van der Waals surface area contributed by atoms with Crippen LogP contribution in [-0.4, -0.2) is 154 Å². The molecule has 0 saturated carbocycles. The Hall–Kier alpha value is -9.84. The Kier molecular flexibility index (Phi) is 56.6. The smallest absolute Gasteiger partial charge is 0.157 e. The third-order valence-electron chi connectivity index (χ3n) is 13.8. The molecule has 2 saturated heterocycles. The van der Waals surface area contributed by atoms with E-state index in [1.54, 1.807) is 0 Å². The average Bonchev–Trinajstić information content (AvgIpc) is 2.46. The van der Waals surface area contributed by atoms with Gasteiger partial charge in [-0.1, -0.05) is 121 Å². The van der Waals surface area contributed by atoms with Gasteiger partial charge in [-0.3, -0.25) is 0 Å². The van der Waals surface area contributed by atoms with Gasteiger partial charge in [0.05, 0.1) is 78.3 Å². The first kappa shape index (κ1) is 88.6. The summed E-state index contributed by atoms with van der Waals surface area (Å²) in [6.07, 6.45) is 8.23. The van der Waals surface area contributed by atoms with E-state index in [1.165, 1.54) is 0 Å². The van der Waals surface area contributed by atoms with Gasteiger partial charge >= 0.3 is 0 Å². The summed E-state index contributed by atoms with van der Waals surface area (Å²) in [5.41, 5.74) is 4.20. The van der Waals surface area contributed by atoms with Crippen molar-refractivity contribution in [3.05, 3.63) is 186 Å². The van der Waals surface area contributed by atoms with E-state index < -0.39 is 12.2 Å². The summed E-state index contributed by atoms with van der Waals surface area (Å²) in [6.45, 7) is 11.0. The predicted octanol–water partition coefficient (Wildman–Crippen LogP) is 11.0. The molecule has 92 heavy (non-hydrogen) atoms. The number of hydrogen-bond donors (Lipinski definition) is 2. The van der Waals surface area contributed by atoms with E-state index in [0.29, 0.717) is 106 Å². The van der Waals surface area contributed by atoms with Gasteiger partial charge in [-0.2, -0.15) is 0 Å². The van der Waals surface area contributed by atoms with E-state index in [4.69, 9.17) is 66.3 Å². The zero-order chi connectivity index (χ0) is 61.7. The van der Waals surface area contributed by atoms with Crippen LogP contribution in [0.25, 0.3) is 0 Å². The van der Waals surface area contributed by atoms with Gasteiger partial charge in [-0.25, -0.2) is 42.7 Å². The molecule has 2 heterocycles. The minimum atomic E-state index is -0.622. The molecule has 0 aliphatic carbocycles. The first-order valence-corrected chi connectivity index (χ1v) is 29.9. The fraction of sp³-hybridized carbons (Fsp3) is 0.559. The van der Waals surface area contributed by atoms with Crippen LogP contribution in [0.1, 0.15) is 86.5 Å². The molecule has 2 N–H and O–H groups in total.